The number of hydrogen-bond donors (Lipinski definition) is 0. The second kappa shape index (κ2) is 15.8. The molecule has 0 unspecified atom stereocenters. The molecule has 0 heterocycles. The van der Waals surface area contributed by atoms with Gasteiger partial charge in [0.05, 0.1) is 12.2 Å². The molecule has 0 radical (unpaired) electrons. The van der Waals surface area contributed by atoms with Crippen molar-refractivity contribution in [3.05, 3.63) is 83.9 Å². The Morgan fingerprint density at radius 2 is 1.11 bits per heavy atom. The molecule has 3 nitrogen and oxygen atoms in total. The molecule has 3 aromatic rings. The fourth-order valence-electron chi connectivity index (χ4n) is 4.26. The van der Waals surface area contributed by atoms with Gasteiger partial charge in [-0.15, -0.1) is 0 Å². The van der Waals surface area contributed by atoms with Crippen LogP contribution in [0.5, 0.6) is 11.5 Å². The molecule has 0 aliphatic carbocycles. The molecule has 0 atom stereocenters. The average Bonchev–Trinajstić information content (AvgIpc) is 2.92. The van der Waals surface area contributed by atoms with Crippen molar-refractivity contribution in [1.29, 1.82) is 0 Å². The summed E-state index contributed by atoms with van der Waals surface area (Å²) in [5, 5.41) is 0. The molecule has 0 spiro atoms. The maximum atomic E-state index is 12.6. The first kappa shape index (κ1) is 27.5. The van der Waals surface area contributed by atoms with Crippen LogP contribution in [0.1, 0.15) is 94.0 Å². The highest BCUT2D eigenvalue weighted by Crippen LogP contribution is 2.24. The molecule has 3 heteroatoms. The largest absolute Gasteiger partial charge is 0.494 e. The summed E-state index contributed by atoms with van der Waals surface area (Å²) in [4.78, 5) is 12.6. The summed E-state index contributed by atoms with van der Waals surface area (Å²) in [5.41, 5.74) is 4.19. The van der Waals surface area contributed by atoms with Crippen LogP contribution in [0.3, 0.4) is 0 Å². The molecule has 0 aromatic heterocycles. The van der Waals surface area contributed by atoms with Crippen molar-refractivity contribution in [2.75, 3.05) is 6.61 Å². The fourth-order valence-corrected chi connectivity index (χ4v) is 4.26. The maximum Gasteiger partial charge on any atom is 0.343 e. The quantitative estimate of drug-likeness (QED) is 0.115. The van der Waals surface area contributed by atoms with Gasteiger partial charge in [0.15, 0.2) is 0 Å². The van der Waals surface area contributed by atoms with E-state index in [1.165, 1.54) is 68.9 Å². The summed E-state index contributed by atoms with van der Waals surface area (Å²) in [5.74, 6) is 0.964. The first-order valence-electron chi connectivity index (χ1n) is 13.8. The van der Waals surface area contributed by atoms with Gasteiger partial charge in [0.25, 0.3) is 0 Å². The zero-order valence-electron chi connectivity index (χ0n) is 22.1. The minimum Gasteiger partial charge on any atom is -0.494 e. The van der Waals surface area contributed by atoms with Crippen molar-refractivity contribution < 1.29 is 14.3 Å². The number of aryl methyl sites for hydroxylation is 1. The summed E-state index contributed by atoms with van der Waals surface area (Å²) in [7, 11) is 0. The van der Waals surface area contributed by atoms with Gasteiger partial charge in [-0.05, 0) is 72.4 Å². The van der Waals surface area contributed by atoms with Crippen LogP contribution in [-0.4, -0.2) is 12.6 Å². The third-order valence-corrected chi connectivity index (χ3v) is 6.53. The second-order valence-electron chi connectivity index (χ2n) is 9.56. The highest BCUT2D eigenvalue weighted by Gasteiger charge is 2.09. The Kier molecular flexibility index (Phi) is 12.1. The molecular weight excluding hydrogens is 444 g/mol. The van der Waals surface area contributed by atoms with E-state index in [2.05, 4.69) is 38.1 Å². The van der Waals surface area contributed by atoms with Crippen LogP contribution >= 0.6 is 0 Å². The van der Waals surface area contributed by atoms with Gasteiger partial charge < -0.3 is 9.47 Å². The number of rotatable bonds is 16. The molecule has 192 valence electrons. The second-order valence-corrected chi connectivity index (χ2v) is 9.56. The van der Waals surface area contributed by atoms with Crippen molar-refractivity contribution >= 4 is 5.97 Å². The predicted octanol–water partition coefficient (Wildman–Crippen LogP) is 9.43. The van der Waals surface area contributed by atoms with Gasteiger partial charge in [0.2, 0.25) is 0 Å². The van der Waals surface area contributed by atoms with E-state index in [1.54, 1.807) is 12.1 Å². The van der Waals surface area contributed by atoms with Gasteiger partial charge in [-0.1, -0.05) is 102 Å². The molecule has 0 aliphatic rings. The van der Waals surface area contributed by atoms with Crippen LogP contribution in [0, 0.1) is 0 Å². The molecule has 0 bridgehead atoms. The van der Waals surface area contributed by atoms with Crippen molar-refractivity contribution in [3.8, 4) is 22.6 Å². The molecule has 3 aromatic carbocycles. The number of unbranched alkanes of at least 4 members (excludes halogenated alkanes) is 8. The zero-order valence-corrected chi connectivity index (χ0v) is 22.1. The molecule has 0 aliphatic heterocycles. The number of ether oxygens (including phenoxy) is 2. The summed E-state index contributed by atoms with van der Waals surface area (Å²) in [6.07, 6.45) is 13.7. The lowest BCUT2D eigenvalue weighted by atomic mass is 10.0. The molecule has 0 amide bonds. The summed E-state index contributed by atoms with van der Waals surface area (Å²) >= 11 is 0. The molecule has 0 saturated carbocycles. The van der Waals surface area contributed by atoms with Crippen molar-refractivity contribution in [1.82, 2.24) is 0 Å². The minimum absolute atomic E-state index is 0.364. The molecule has 0 saturated heterocycles. The lowest BCUT2D eigenvalue weighted by Crippen LogP contribution is -2.08. The van der Waals surface area contributed by atoms with Gasteiger partial charge in [-0.2, -0.15) is 0 Å². The van der Waals surface area contributed by atoms with Crippen molar-refractivity contribution in [2.24, 2.45) is 0 Å². The number of hydrogen-bond acceptors (Lipinski definition) is 3. The first-order chi connectivity index (χ1) is 17.7. The number of carbonyl (C=O) groups excluding carboxylic acids is 1. The van der Waals surface area contributed by atoms with E-state index in [0.29, 0.717) is 17.9 Å². The van der Waals surface area contributed by atoms with Crippen LogP contribution in [0.4, 0.5) is 0 Å². The Morgan fingerprint density at radius 1 is 0.583 bits per heavy atom. The van der Waals surface area contributed by atoms with Gasteiger partial charge >= 0.3 is 5.97 Å². The predicted molar refractivity (Wildman–Crippen MR) is 150 cm³/mol. The molecule has 3 rings (SSSR count). The Bertz CT molecular complexity index is 1000. The van der Waals surface area contributed by atoms with Crippen LogP contribution in [0.2, 0.25) is 0 Å². The van der Waals surface area contributed by atoms with E-state index in [1.807, 2.05) is 36.4 Å². The van der Waals surface area contributed by atoms with E-state index < -0.39 is 0 Å². The molecule has 36 heavy (non-hydrogen) atoms. The Morgan fingerprint density at radius 3 is 1.72 bits per heavy atom. The minimum atomic E-state index is -0.364. The van der Waals surface area contributed by atoms with E-state index in [0.717, 1.165) is 24.2 Å². The first-order valence-corrected chi connectivity index (χ1v) is 13.8. The SMILES string of the molecule is CCCCCCCOc1ccc(C(=O)Oc2ccc(-c3ccc(CCCCCCC)cc3)cc2)cc1. The van der Waals surface area contributed by atoms with Crippen LogP contribution in [0.15, 0.2) is 72.8 Å². The zero-order chi connectivity index (χ0) is 25.4. The van der Waals surface area contributed by atoms with E-state index >= 15 is 0 Å². The van der Waals surface area contributed by atoms with Gasteiger partial charge in [-0.3, -0.25) is 0 Å². The monoisotopic (exact) mass is 486 g/mol. The summed E-state index contributed by atoms with van der Waals surface area (Å²) < 4.78 is 11.4. The Labute approximate surface area is 217 Å². The van der Waals surface area contributed by atoms with E-state index in [4.69, 9.17) is 9.47 Å². The summed E-state index contributed by atoms with van der Waals surface area (Å²) in [6.45, 7) is 5.18. The van der Waals surface area contributed by atoms with Crippen LogP contribution in [-0.2, 0) is 6.42 Å². The lowest BCUT2D eigenvalue weighted by molar-refractivity contribution is 0.0734. The third kappa shape index (κ3) is 9.53. The highest BCUT2D eigenvalue weighted by molar-refractivity contribution is 5.91. The van der Waals surface area contributed by atoms with Crippen molar-refractivity contribution in [3.63, 3.8) is 0 Å². The van der Waals surface area contributed by atoms with Crippen LogP contribution < -0.4 is 9.47 Å². The molecular formula is C33H42O3. The Balaban J connectivity index is 1.44. The highest BCUT2D eigenvalue weighted by atomic mass is 16.5. The van der Waals surface area contributed by atoms with Gasteiger partial charge in [0.1, 0.15) is 11.5 Å². The van der Waals surface area contributed by atoms with Gasteiger partial charge in [0, 0.05) is 0 Å². The van der Waals surface area contributed by atoms with Gasteiger partial charge in [-0.25, -0.2) is 4.79 Å². The standard InChI is InChI=1S/C33H42O3/c1-3-5-7-9-11-13-27-14-16-28(17-15-27)29-18-24-32(25-19-29)36-33(34)30-20-22-31(23-21-30)35-26-12-10-8-6-4-2/h14-25H,3-13,26H2,1-2H3. The maximum absolute atomic E-state index is 12.6. The Hall–Kier alpha value is -3.07. The van der Waals surface area contributed by atoms with E-state index in [-0.39, 0.29) is 5.97 Å². The fraction of sp³-hybridized carbons (Fsp3) is 0.424. The molecule has 0 N–H and O–H groups in total. The number of esters is 1. The topological polar surface area (TPSA) is 35.5 Å². The van der Waals surface area contributed by atoms with E-state index in [9.17, 15) is 4.79 Å². The molecule has 0 fully saturated rings. The average molecular weight is 487 g/mol. The van der Waals surface area contributed by atoms with Crippen molar-refractivity contribution in [2.45, 2.75) is 84.5 Å². The summed E-state index contributed by atoms with van der Waals surface area (Å²) in [6, 6.07) is 23.7. The third-order valence-electron chi connectivity index (χ3n) is 6.53. The van der Waals surface area contributed by atoms with Crippen LogP contribution in [0.25, 0.3) is 11.1 Å². The number of carbonyl (C=O) groups is 1. The smallest absolute Gasteiger partial charge is 0.343 e. The number of benzene rings is 3. The normalized spacial score (nSPS) is 10.8. The lowest BCUT2D eigenvalue weighted by Gasteiger charge is -2.09.